The zero-order valence-electron chi connectivity index (χ0n) is 23.2. The zero-order valence-corrected chi connectivity index (χ0v) is 23.2. The average Bonchev–Trinajstić information content (AvgIpc) is 3.17. The van der Waals surface area contributed by atoms with Gasteiger partial charge < -0.3 is 14.8 Å². The lowest BCUT2D eigenvalue weighted by Crippen LogP contribution is -2.54. The summed E-state index contributed by atoms with van der Waals surface area (Å²) in [4.78, 5) is 88.7. The third kappa shape index (κ3) is 6.97. The van der Waals surface area contributed by atoms with E-state index in [1.54, 1.807) is 45.0 Å². The summed E-state index contributed by atoms with van der Waals surface area (Å²) in [6.07, 6.45) is -1.02. The number of nitrogens with one attached hydrogen (secondary N) is 3. The number of anilines is 1. The van der Waals surface area contributed by atoms with Crippen LogP contribution >= 0.6 is 0 Å². The van der Waals surface area contributed by atoms with Gasteiger partial charge in [-0.25, -0.2) is 9.59 Å². The summed E-state index contributed by atoms with van der Waals surface area (Å²) in [6, 6.07) is 10.9. The molecule has 1 unspecified atom stereocenters. The van der Waals surface area contributed by atoms with Crippen LogP contribution in [0.5, 0.6) is 0 Å². The highest BCUT2D eigenvalue weighted by atomic mass is 16.6. The molecule has 2 aliphatic heterocycles. The van der Waals surface area contributed by atoms with E-state index in [4.69, 9.17) is 9.47 Å². The molecule has 0 radical (unpaired) electrons. The van der Waals surface area contributed by atoms with Crippen LogP contribution in [0, 0.1) is 0 Å². The summed E-state index contributed by atoms with van der Waals surface area (Å²) in [6.45, 7) is 4.33. The predicted octanol–water partition coefficient (Wildman–Crippen LogP) is 1.71. The molecule has 2 aromatic carbocycles. The molecule has 6 amide bonds. The van der Waals surface area contributed by atoms with Crippen molar-refractivity contribution in [2.75, 3.05) is 11.9 Å². The monoisotopic (exact) mass is 578 g/mol. The van der Waals surface area contributed by atoms with Crippen molar-refractivity contribution in [3.63, 3.8) is 0 Å². The van der Waals surface area contributed by atoms with E-state index in [0.29, 0.717) is 0 Å². The molecule has 220 valence electrons. The maximum absolute atomic E-state index is 13.2. The van der Waals surface area contributed by atoms with Crippen molar-refractivity contribution in [1.29, 1.82) is 0 Å². The van der Waals surface area contributed by atoms with Gasteiger partial charge in [0.2, 0.25) is 11.8 Å². The van der Waals surface area contributed by atoms with Crippen molar-refractivity contribution >= 4 is 47.3 Å². The van der Waals surface area contributed by atoms with Crippen LogP contribution in [-0.4, -0.2) is 70.8 Å². The lowest BCUT2D eigenvalue weighted by molar-refractivity contribution is -0.158. The molecule has 1 saturated heterocycles. The van der Waals surface area contributed by atoms with Gasteiger partial charge in [0, 0.05) is 12.8 Å². The smallest absolute Gasteiger partial charge is 0.412 e. The van der Waals surface area contributed by atoms with E-state index in [0.717, 1.165) is 10.5 Å². The van der Waals surface area contributed by atoms with Gasteiger partial charge in [-0.05, 0) is 44.9 Å². The van der Waals surface area contributed by atoms with E-state index < -0.39 is 65.9 Å². The van der Waals surface area contributed by atoms with E-state index >= 15 is 0 Å². The number of amides is 6. The Balaban J connectivity index is 1.39. The van der Waals surface area contributed by atoms with E-state index in [9.17, 15) is 33.6 Å². The van der Waals surface area contributed by atoms with E-state index in [1.807, 2.05) is 6.07 Å². The van der Waals surface area contributed by atoms with Crippen LogP contribution in [0.15, 0.2) is 48.5 Å². The second kappa shape index (κ2) is 12.2. The largest absolute Gasteiger partial charge is 0.458 e. The summed E-state index contributed by atoms with van der Waals surface area (Å²) in [5.74, 6) is -4.26. The van der Waals surface area contributed by atoms with Crippen molar-refractivity contribution in [2.24, 2.45) is 0 Å². The van der Waals surface area contributed by atoms with E-state index in [1.165, 1.54) is 18.2 Å². The first-order valence-corrected chi connectivity index (χ1v) is 13.2. The summed E-state index contributed by atoms with van der Waals surface area (Å²) in [5.41, 5.74) is -0.282. The predicted molar refractivity (Wildman–Crippen MR) is 146 cm³/mol. The Morgan fingerprint density at radius 2 is 1.71 bits per heavy atom. The standard InChI is InChI=1S/C29H30N4O9/c1-29(2,3)42-27(39)19(14-16-8-5-4-6-9-16)30-22(35)15-41-28(40)31-18-11-7-10-17-23(18)26(38)33(25(17)37)20-12-13-21(34)32-24(20)36/h4-11,19-20H,12-15H2,1-3H3,(H,30,35)(H,31,40)(H,32,34,36)/t19-,20?/m0/s1. The van der Waals surface area contributed by atoms with Gasteiger partial charge in [-0.2, -0.15) is 0 Å². The van der Waals surface area contributed by atoms with Crippen LogP contribution in [0.1, 0.15) is 59.9 Å². The number of rotatable bonds is 8. The summed E-state index contributed by atoms with van der Waals surface area (Å²) < 4.78 is 10.4. The Bertz CT molecular complexity index is 1450. The minimum atomic E-state index is -1.17. The molecular weight excluding hydrogens is 548 g/mol. The number of imide groups is 2. The zero-order chi connectivity index (χ0) is 30.6. The number of hydrogen-bond acceptors (Lipinski definition) is 9. The number of hydrogen-bond donors (Lipinski definition) is 3. The van der Waals surface area contributed by atoms with Crippen molar-refractivity contribution in [1.82, 2.24) is 15.5 Å². The highest BCUT2D eigenvalue weighted by molar-refractivity contribution is 6.26. The SMILES string of the molecule is CC(C)(C)OC(=O)[C@H](Cc1ccccc1)NC(=O)COC(=O)Nc1cccc2c1C(=O)N(C1CCC(=O)NC1=O)C2=O. The van der Waals surface area contributed by atoms with Crippen LogP contribution < -0.4 is 16.0 Å². The Labute approximate surface area is 240 Å². The molecule has 2 aromatic rings. The fourth-order valence-corrected chi connectivity index (χ4v) is 4.55. The lowest BCUT2D eigenvalue weighted by Gasteiger charge is -2.27. The molecule has 0 bridgehead atoms. The molecule has 42 heavy (non-hydrogen) atoms. The minimum absolute atomic E-state index is 0.0232. The molecule has 3 N–H and O–H groups in total. The van der Waals surface area contributed by atoms with Crippen molar-refractivity contribution in [3.8, 4) is 0 Å². The second-order valence-corrected chi connectivity index (χ2v) is 10.7. The summed E-state index contributed by atoms with van der Waals surface area (Å²) in [5, 5.41) is 6.99. The minimum Gasteiger partial charge on any atom is -0.458 e. The topological polar surface area (TPSA) is 177 Å². The molecule has 13 heteroatoms. The van der Waals surface area contributed by atoms with Gasteiger partial charge in [0.05, 0.1) is 16.8 Å². The van der Waals surface area contributed by atoms with Gasteiger partial charge in [0.15, 0.2) is 6.61 Å². The summed E-state index contributed by atoms with van der Waals surface area (Å²) >= 11 is 0. The fraction of sp³-hybridized carbons (Fsp3) is 0.345. The number of carbonyl (C=O) groups excluding carboxylic acids is 7. The highest BCUT2D eigenvalue weighted by Gasteiger charge is 2.45. The van der Waals surface area contributed by atoms with Crippen LogP contribution in [-0.2, 0) is 35.1 Å². The van der Waals surface area contributed by atoms with Crippen molar-refractivity contribution < 1.29 is 43.0 Å². The Hall–Kier alpha value is -5.07. The number of carbonyl (C=O) groups is 7. The molecule has 0 aromatic heterocycles. The quantitative estimate of drug-likeness (QED) is 0.311. The normalized spacial score (nSPS) is 17.2. The van der Waals surface area contributed by atoms with Crippen molar-refractivity contribution in [3.05, 3.63) is 65.2 Å². The van der Waals surface area contributed by atoms with E-state index in [2.05, 4.69) is 16.0 Å². The van der Waals surface area contributed by atoms with Crippen LogP contribution in [0.2, 0.25) is 0 Å². The Morgan fingerprint density at radius 1 is 1.00 bits per heavy atom. The van der Waals surface area contributed by atoms with Gasteiger partial charge in [0.25, 0.3) is 17.7 Å². The highest BCUT2D eigenvalue weighted by Crippen LogP contribution is 2.32. The number of esters is 1. The van der Waals surface area contributed by atoms with Gasteiger partial charge in [-0.15, -0.1) is 0 Å². The molecule has 1 fully saturated rings. The molecule has 0 saturated carbocycles. The Morgan fingerprint density at radius 3 is 2.38 bits per heavy atom. The molecule has 2 heterocycles. The molecule has 2 atom stereocenters. The summed E-state index contributed by atoms with van der Waals surface area (Å²) in [7, 11) is 0. The Kier molecular flexibility index (Phi) is 8.69. The number of fused-ring (bicyclic) bond motifs is 1. The molecule has 0 spiro atoms. The molecule has 2 aliphatic rings. The first kappa shape index (κ1) is 29.9. The second-order valence-electron chi connectivity index (χ2n) is 10.7. The average molecular weight is 579 g/mol. The number of nitrogens with zero attached hydrogens (tertiary/aromatic N) is 1. The fourth-order valence-electron chi connectivity index (χ4n) is 4.55. The van der Waals surface area contributed by atoms with E-state index in [-0.39, 0.29) is 36.1 Å². The third-order valence-electron chi connectivity index (χ3n) is 6.35. The first-order chi connectivity index (χ1) is 19.8. The third-order valence-corrected chi connectivity index (χ3v) is 6.35. The van der Waals surface area contributed by atoms with Gasteiger partial charge in [0.1, 0.15) is 17.7 Å². The lowest BCUT2D eigenvalue weighted by atomic mass is 10.0. The van der Waals surface area contributed by atoms with Crippen molar-refractivity contribution in [2.45, 2.75) is 57.7 Å². The molecule has 13 nitrogen and oxygen atoms in total. The number of benzene rings is 2. The van der Waals surface area contributed by atoms with Crippen LogP contribution in [0.3, 0.4) is 0 Å². The first-order valence-electron chi connectivity index (χ1n) is 13.2. The maximum Gasteiger partial charge on any atom is 0.412 e. The molecular formula is C29H30N4O9. The molecule has 4 rings (SSSR count). The number of ether oxygens (including phenoxy) is 2. The van der Waals surface area contributed by atoms with Crippen LogP contribution in [0.25, 0.3) is 0 Å². The van der Waals surface area contributed by atoms with Gasteiger partial charge in [-0.1, -0.05) is 36.4 Å². The van der Waals surface area contributed by atoms with Gasteiger partial charge >= 0.3 is 12.1 Å². The maximum atomic E-state index is 13.2. The van der Waals surface area contributed by atoms with Crippen LogP contribution in [0.4, 0.5) is 10.5 Å². The number of piperidine rings is 1. The molecule has 0 aliphatic carbocycles. The van der Waals surface area contributed by atoms with Gasteiger partial charge in [-0.3, -0.25) is 39.5 Å².